The van der Waals surface area contributed by atoms with Crippen molar-refractivity contribution in [3.63, 3.8) is 0 Å². The molecule has 7 heteroatoms. The van der Waals surface area contributed by atoms with Crippen LogP contribution in [0, 0.1) is 6.92 Å². The fourth-order valence-corrected chi connectivity index (χ4v) is 7.26. The van der Waals surface area contributed by atoms with Gasteiger partial charge in [0.1, 0.15) is 6.04 Å². The van der Waals surface area contributed by atoms with Crippen LogP contribution in [0.2, 0.25) is 0 Å². The number of amides is 1. The van der Waals surface area contributed by atoms with Gasteiger partial charge in [-0.25, -0.2) is 8.42 Å². The highest BCUT2D eigenvalue weighted by atomic mass is 32.2. The van der Waals surface area contributed by atoms with Gasteiger partial charge in [-0.1, -0.05) is 42.8 Å². The van der Waals surface area contributed by atoms with Crippen LogP contribution in [0.4, 0.5) is 0 Å². The molecule has 0 aliphatic carbocycles. The molecule has 3 aromatic rings. The highest BCUT2D eigenvalue weighted by Gasteiger charge is 2.40. The van der Waals surface area contributed by atoms with Gasteiger partial charge in [0.2, 0.25) is 15.9 Å². The molecule has 174 valence electrons. The van der Waals surface area contributed by atoms with Gasteiger partial charge in [0, 0.05) is 36.2 Å². The quantitative estimate of drug-likeness (QED) is 0.620. The molecule has 1 N–H and O–H groups in total. The molecule has 0 bridgehead atoms. The maximum atomic E-state index is 13.5. The summed E-state index contributed by atoms with van der Waals surface area (Å²) in [5, 5.41) is 1.27. The number of likely N-dealkylation sites (tertiary alicyclic amines) is 1. The fraction of sp³-hybridized carbons (Fsp3) is 0.423. The number of nitrogens with zero attached hydrogens (tertiary/aromatic N) is 2. The fourth-order valence-electron chi connectivity index (χ4n) is 5.59. The van der Waals surface area contributed by atoms with Gasteiger partial charge >= 0.3 is 0 Å². The van der Waals surface area contributed by atoms with Crippen molar-refractivity contribution in [3.8, 4) is 0 Å². The van der Waals surface area contributed by atoms with Crippen LogP contribution in [-0.2, 0) is 14.8 Å². The van der Waals surface area contributed by atoms with Crippen molar-refractivity contribution < 1.29 is 13.2 Å². The molecule has 2 aliphatic rings. The van der Waals surface area contributed by atoms with Crippen LogP contribution >= 0.6 is 0 Å². The van der Waals surface area contributed by atoms with Crippen LogP contribution in [0.25, 0.3) is 10.9 Å². The van der Waals surface area contributed by atoms with E-state index in [0.29, 0.717) is 32.0 Å². The molecule has 5 rings (SSSR count). The Morgan fingerprint density at radius 2 is 1.61 bits per heavy atom. The average Bonchev–Trinajstić information content (AvgIpc) is 3.20. The van der Waals surface area contributed by atoms with E-state index in [1.54, 1.807) is 30.3 Å². The lowest BCUT2D eigenvalue weighted by Crippen LogP contribution is -2.54. The molecule has 2 saturated heterocycles. The summed E-state index contributed by atoms with van der Waals surface area (Å²) < 4.78 is 28.1. The summed E-state index contributed by atoms with van der Waals surface area (Å²) in [6.07, 6.45) is 4.05. The summed E-state index contributed by atoms with van der Waals surface area (Å²) in [6, 6.07) is 16.3. The highest BCUT2D eigenvalue weighted by Crippen LogP contribution is 2.36. The van der Waals surface area contributed by atoms with E-state index in [2.05, 4.69) is 30.1 Å². The zero-order chi connectivity index (χ0) is 23.0. The van der Waals surface area contributed by atoms with Gasteiger partial charge in [0.15, 0.2) is 0 Å². The topological polar surface area (TPSA) is 73.5 Å². The van der Waals surface area contributed by atoms with Gasteiger partial charge in [-0.05, 0) is 62.3 Å². The SMILES string of the molecule is Cc1[nH]c2ccccc2c1C1CCN(C(=O)C2CCCCN2S(=O)(=O)c2ccccc2)CC1. The number of carbonyl (C=O) groups excluding carboxylic acids is 1. The Morgan fingerprint density at radius 3 is 2.36 bits per heavy atom. The molecule has 2 aromatic carbocycles. The molecule has 1 unspecified atom stereocenters. The molecule has 6 nitrogen and oxygen atoms in total. The van der Waals surface area contributed by atoms with Gasteiger partial charge in [-0.3, -0.25) is 4.79 Å². The van der Waals surface area contributed by atoms with E-state index in [9.17, 15) is 13.2 Å². The summed E-state index contributed by atoms with van der Waals surface area (Å²) in [4.78, 5) is 19.2. The number of H-pyrrole nitrogens is 1. The Bertz CT molecular complexity index is 1240. The van der Waals surface area contributed by atoms with Gasteiger partial charge in [-0.2, -0.15) is 4.31 Å². The van der Waals surface area contributed by atoms with Crippen LogP contribution in [-0.4, -0.2) is 54.2 Å². The zero-order valence-corrected chi connectivity index (χ0v) is 19.9. The Balaban J connectivity index is 1.32. The van der Waals surface area contributed by atoms with Crippen LogP contribution in [0.15, 0.2) is 59.5 Å². The monoisotopic (exact) mass is 465 g/mol. The molecular weight excluding hydrogens is 434 g/mol. The third-order valence-corrected chi connectivity index (χ3v) is 9.17. The molecule has 2 aliphatic heterocycles. The molecule has 1 aromatic heterocycles. The minimum absolute atomic E-state index is 0.0386. The Labute approximate surface area is 195 Å². The molecule has 1 amide bonds. The van der Waals surface area contributed by atoms with E-state index in [1.165, 1.54) is 20.9 Å². The number of aromatic nitrogens is 1. The lowest BCUT2D eigenvalue weighted by Gasteiger charge is -2.39. The van der Waals surface area contributed by atoms with Crippen molar-refractivity contribution in [2.24, 2.45) is 0 Å². The lowest BCUT2D eigenvalue weighted by molar-refractivity contribution is -0.137. The van der Waals surface area contributed by atoms with Crippen LogP contribution in [0.5, 0.6) is 0 Å². The molecule has 0 spiro atoms. The molecule has 2 fully saturated rings. The van der Waals surface area contributed by atoms with Crippen LogP contribution in [0.3, 0.4) is 0 Å². The number of para-hydroxylation sites is 1. The van der Waals surface area contributed by atoms with E-state index in [1.807, 2.05) is 11.0 Å². The minimum Gasteiger partial charge on any atom is -0.358 e. The largest absolute Gasteiger partial charge is 0.358 e. The molecular formula is C26H31N3O3S. The van der Waals surface area contributed by atoms with Crippen LogP contribution < -0.4 is 0 Å². The number of aryl methyl sites for hydroxylation is 1. The number of piperidine rings is 2. The summed E-state index contributed by atoms with van der Waals surface area (Å²) in [6.45, 7) is 3.86. The predicted molar refractivity (Wildman–Crippen MR) is 130 cm³/mol. The van der Waals surface area contributed by atoms with Gasteiger partial charge in [0.25, 0.3) is 0 Å². The number of sulfonamides is 1. The minimum atomic E-state index is -3.69. The summed E-state index contributed by atoms with van der Waals surface area (Å²) >= 11 is 0. The summed E-state index contributed by atoms with van der Waals surface area (Å²) in [7, 11) is -3.69. The lowest BCUT2D eigenvalue weighted by atomic mass is 9.87. The maximum Gasteiger partial charge on any atom is 0.243 e. The number of fused-ring (bicyclic) bond motifs is 1. The second-order valence-corrected chi connectivity index (χ2v) is 11.1. The summed E-state index contributed by atoms with van der Waals surface area (Å²) in [5.41, 5.74) is 3.73. The van der Waals surface area contributed by atoms with E-state index >= 15 is 0 Å². The molecule has 0 saturated carbocycles. The predicted octanol–water partition coefficient (Wildman–Crippen LogP) is 4.43. The standard InChI is InChI=1S/C26H31N3O3S/c1-19-25(22-11-5-6-12-23(22)27-19)20-14-17-28(18-15-20)26(30)24-13-7-8-16-29(24)33(31,32)21-9-3-2-4-10-21/h2-6,9-12,20,24,27H,7-8,13-18H2,1H3. The van der Waals surface area contributed by atoms with Crippen LogP contribution in [0.1, 0.15) is 49.3 Å². The molecule has 1 atom stereocenters. The number of carbonyl (C=O) groups is 1. The van der Waals surface area contributed by atoms with Gasteiger partial charge in [-0.15, -0.1) is 0 Å². The number of rotatable bonds is 4. The van der Waals surface area contributed by atoms with Crippen molar-refractivity contribution in [3.05, 3.63) is 65.9 Å². The number of hydrogen-bond acceptors (Lipinski definition) is 3. The van der Waals surface area contributed by atoms with Crippen molar-refractivity contribution in [1.29, 1.82) is 0 Å². The molecule has 0 radical (unpaired) electrons. The first kappa shape index (κ1) is 22.2. The highest BCUT2D eigenvalue weighted by molar-refractivity contribution is 7.89. The van der Waals surface area contributed by atoms with Crippen molar-refractivity contribution >= 4 is 26.8 Å². The van der Waals surface area contributed by atoms with E-state index in [0.717, 1.165) is 31.2 Å². The Kier molecular flexibility index (Phi) is 6.01. The smallest absolute Gasteiger partial charge is 0.243 e. The first-order valence-electron chi connectivity index (χ1n) is 11.9. The number of nitrogens with one attached hydrogen (secondary N) is 1. The molecule has 33 heavy (non-hydrogen) atoms. The third-order valence-electron chi connectivity index (χ3n) is 7.25. The number of hydrogen-bond donors (Lipinski definition) is 1. The number of benzene rings is 2. The maximum absolute atomic E-state index is 13.5. The molecule has 3 heterocycles. The van der Waals surface area contributed by atoms with Crippen molar-refractivity contribution in [1.82, 2.24) is 14.2 Å². The first-order chi connectivity index (χ1) is 16.0. The van der Waals surface area contributed by atoms with Crippen molar-refractivity contribution in [2.45, 2.75) is 55.9 Å². The second kappa shape index (κ2) is 8.95. The average molecular weight is 466 g/mol. The normalized spacial score (nSPS) is 20.9. The van der Waals surface area contributed by atoms with Crippen molar-refractivity contribution in [2.75, 3.05) is 19.6 Å². The van der Waals surface area contributed by atoms with E-state index in [4.69, 9.17) is 0 Å². The Morgan fingerprint density at radius 1 is 0.909 bits per heavy atom. The zero-order valence-electron chi connectivity index (χ0n) is 19.0. The van der Waals surface area contributed by atoms with Gasteiger partial charge < -0.3 is 9.88 Å². The first-order valence-corrected chi connectivity index (χ1v) is 13.3. The third kappa shape index (κ3) is 4.08. The summed E-state index contributed by atoms with van der Waals surface area (Å²) in [5.74, 6) is 0.365. The number of aromatic amines is 1. The second-order valence-electron chi connectivity index (χ2n) is 9.25. The van der Waals surface area contributed by atoms with E-state index in [-0.39, 0.29) is 10.8 Å². The van der Waals surface area contributed by atoms with Gasteiger partial charge in [0.05, 0.1) is 4.90 Å². The van der Waals surface area contributed by atoms with E-state index < -0.39 is 16.1 Å². The Hall–Kier alpha value is -2.64.